The summed E-state index contributed by atoms with van der Waals surface area (Å²) in [6.45, 7) is 3.93. The van der Waals surface area contributed by atoms with Crippen molar-refractivity contribution in [1.29, 1.82) is 0 Å². The maximum atomic E-state index is 12.6. The lowest BCUT2D eigenvalue weighted by Crippen LogP contribution is -2.42. The zero-order valence-corrected chi connectivity index (χ0v) is 21.5. The molecule has 2 aromatic heterocycles. The van der Waals surface area contributed by atoms with E-state index in [1.165, 1.54) is 22.9 Å². The first kappa shape index (κ1) is 28.2. The van der Waals surface area contributed by atoms with Gasteiger partial charge in [0, 0.05) is 42.4 Å². The topological polar surface area (TPSA) is 133 Å². The van der Waals surface area contributed by atoms with E-state index in [4.69, 9.17) is 14.0 Å². The van der Waals surface area contributed by atoms with E-state index in [1.54, 1.807) is 18.2 Å². The molecule has 0 saturated heterocycles. The Morgan fingerprint density at radius 2 is 2.00 bits per heavy atom. The molecule has 3 N–H and O–H groups in total. The highest BCUT2D eigenvalue weighted by molar-refractivity contribution is 7.48. The summed E-state index contributed by atoms with van der Waals surface area (Å²) < 4.78 is 36.7. The van der Waals surface area contributed by atoms with Crippen molar-refractivity contribution >= 4 is 48.1 Å². The number of hydrogen-bond acceptors (Lipinski definition) is 8. The molecule has 0 amide bonds. The number of aliphatic hydroxyl groups is 1. The van der Waals surface area contributed by atoms with Crippen molar-refractivity contribution in [1.82, 2.24) is 5.32 Å². The molecule has 2 unspecified atom stereocenters. The molecule has 10 nitrogen and oxygen atoms in total. The first-order valence-electron chi connectivity index (χ1n) is 11.7. The van der Waals surface area contributed by atoms with Gasteiger partial charge in [-0.05, 0) is 44.2 Å². The van der Waals surface area contributed by atoms with Gasteiger partial charge in [-0.25, -0.2) is 14.0 Å². The van der Waals surface area contributed by atoms with Crippen LogP contribution in [0.1, 0.15) is 25.1 Å². The second kappa shape index (κ2) is 13.3. The number of pyridine rings is 1. The van der Waals surface area contributed by atoms with Gasteiger partial charge in [-0.3, -0.25) is 9.88 Å². The van der Waals surface area contributed by atoms with Crippen molar-refractivity contribution in [3.63, 3.8) is 0 Å². The third-order valence-corrected chi connectivity index (χ3v) is 6.75. The lowest BCUT2D eigenvalue weighted by molar-refractivity contribution is -0.686. The number of anilines is 1. The Morgan fingerprint density at radius 3 is 2.68 bits per heavy atom. The summed E-state index contributed by atoms with van der Waals surface area (Å²) in [7, 11) is -2.81. The zero-order valence-electron chi connectivity index (χ0n) is 20.5. The average molecular weight is 535 g/mol. The monoisotopic (exact) mass is 534 g/mol. The number of nitrogens with zero attached hydrogens (tertiary/aromatic N) is 2. The van der Waals surface area contributed by atoms with Crippen LogP contribution in [0.25, 0.3) is 23.1 Å². The normalized spacial score (nSPS) is 13.2. The van der Waals surface area contributed by atoms with Crippen LogP contribution < -0.4 is 25.7 Å². The molecule has 0 saturated carbocycles. The summed E-state index contributed by atoms with van der Waals surface area (Å²) in [6.07, 6.45) is 3.03. The molecule has 1 aromatic carbocycles. The molecule has 37 heavy (non-hydrogen) atoms. The molecule has 0 bridgehead atoms. The molecule has 0 radical (unpaired) electrons. The highest BCUT2D eigenvalue weighted by Crippen LogP contribution is 2.23. The lowest BCUT2D eigenvalue weighted by Gasteiger charge is -2.20. The number of benzene rings is 1. The molecular weight excluding hydrogens is 504 g/mol. The third-order valence-electron chi connectivity index (χ3n) is 5.58. The van der Waals surface area contributed by atoms with Crippen molar-refractivity contribution in [3.05, 3.63) is 64.3 Å². The smallest absolute Gasteiger partial charge is 0.370 e. The Hall–Kier alpha value is -3.37. The van der Waals surface area contributed by atoms with Crippen LogP contribution in [0, 0.1) is 0 Å². The van der Waals surface area contributed by atoms with Crippen molar-refractivity contribution < 1.29 is 37.5 Å². The predicted octanol–water partition coefficient (Wildman–Crippen LogP) is 2.13. The number of alkyl halides is 1. The minimum atomic E-state index is -2.81. The van der Waals surface area contributed by atoms with Gasteiger partial charge in [0.2, 0.25) is 20.3 Å². The fourth-order valence-corrected chi connectivity index (χ4v) is 4.51. The minimum Gasteiger partial charge on any atom is -0.477 e. The van der Waals surface area contributed by atoms with Crippen LogP contribution in [0.15, 0.2) is 51.8 Å². The molecule has 0 aliphatic rings. The van der Waals surface area contributed by atoms with Crippen LogP contribution in [0.5, 0.6) is 0 Å². The van der Waals surface area contributed by atoms with Crippen LogP contribution in [0.3, 0.4) is 0 Å². The molecule has 0 fully saturated rings. The van der Waals surface area contributed by atoms with E-state index < -0.39 is 39.1 Å². The van der Waals surface area contributed by atoms with Gasteiger partial charge in [-0.15, -0.1) is 0 Å². The van der Waals surface area contributed by atoms with E-state index in [0.29, 0.717) is 11.3 Å². The fraction of sp³-hybridized carbons (Fsp3) is 0.320. The molecule has 0 aliphatic heterocycles. The molecule has 2 atom stereocenters. The quantitative estimate of drug-likeness (QED) is 0.131. The number of rotatable bonds is 13. The number of aliphatic hydroxyl groups excluding tert-OH is 1. The maximum absolute atomic E-state index is 12.6. The van der Waals surface area contributed by atoms with E-state index in [1.807, 2.05) is 32.0 Å². The van der Waals surface area contributed by atoms with Gasteiger partial charge < -0.3 is 24.1 Å². The van der Waals surface area contributed by atoms with E-state index in [0.717, 1.165) is 24.2 Å². The summed E-state index contributed by atoms with van der Waals surface area (Å²) in [4.78, 5) is 26.1. The van der Waals surface area contributed by atoms with Crippen LogP contribution in [-0.2, 0) is 20.4 Å². The molecule has 2 heterocycles. The van der Waals surface area contributed by atoms with Crippen LogP contribution in [0.2, 0.25) is 0 Å². The highest BCUT2D eigenvalue weighted by Gasteiger charge is 2.17. The van der Waals surface area contributed by atoms with Crippen molar-refractivity contribution in [2.75, 3.05) is 31.4 Å². The first-order valence-corrected chi connectivity index (χ1v) is 13.0. The third kappa shape index (κ3) is 7.56. The second-order valence-electron chi connectivity index (χ2n) is 8.03. The van der Waals surface area contributed by atoms with Gasteiger partial charge in [-0.1, -0.05) is 0 Å². The number of carboxylic acid groups (broad SMARTS) is 1. The van der Waals surface area contributed by atoms with Gasteiger partial charge in [0.1, 0.15) is 25.2 Å². The molecule has 0 spiro atoms. The SMILES string of the molecule is CCN(CC)c1ccc2cc(/C=C/c3ccc([PH](=O)OCNC(O)CF)c[n+]3CC(=O)O)c(=O)oc2c1. The number of aromatic nitrogens is 1. The summed E-state index contributed by atoms with van der Waals surface area (Å²) >= 11 is 0. The largest absolute Gasteiger partial charge is 0.477 e. The van der Waals surface area contributed by atoms with Gasteiger partial charge in [-0.2, -0.15) is 4.57 Å². The van der Waals surface area contributed by atoms with Gasteiger partial charge >= 0.3 is 11.6 Å². The zero-order chi connectivity index (χ0) is 26.9. The predicted molar refractivity (Wildman–Crippen MR) is 139 cm³/mol. The standard InChI is InChI=1S/C25H29FN3O7P/c1-3-28(4-2)20-8-5-17-11-18(25(33)36-22(17)12-20)6-7-19-9-10-21(14-29(19)15-24(31)32)37(34)35-16-27-23(30)13-26/h5-12,14,23,27,30,37H,3-4,13,15-16H2,1-2H3/p+1. The molecule has 198 valence electrons. The molecule has 12 heteroatoms. The average Bonchev–Trinajstić information content (AvgIpc) is 2.88. The number of fused-ring (bicyclic) bond motifs is 1. The Bertz CT molecular complexity index is 1360. The van der Waals surface area contributed by atoms with Crippen LogP contribution in [-0.4, -0.2) is 48.9 Å². The van der Waals surface area contributed by atoms with Crippen molar-refractivity contribution in [3.8, 4) is 0 Å². The van der Waals surface area contributed by atoms with Crippen molar-refractivity contribution in [2.45, 2.75) is 26.6 Å². The van der Waals surface area contributed by atoms with Crippen molar-refractivity contribution in [2.24, 2.45) is 0 Å². The molecular formula is C25H30FN3O7P+. The maximum Gasteiger partial charge on any atom is 0.370 e. The summed E-state index contributed by atoms with van der Waals surface area (Å²) in [5, 5.41) is 21.7. The molecule has 0 aliphatic carbocycles. The van der Waals surface area contributed by atoms with Gasteiger partial charge in [0.05, 0.1) is 10.9 Å². The number of nitrogens with one attached hydrogen (secondary N) is 1. The van der Waals surface area contributed by atoms with E-state index >= 15 is 0 Å². The van der Waals surface area contributed by atoms with Crippen LogP contribution >= 0.6 is 8.03 Å². The Morgan fingerprint density at radius 1 is 1.24 bits per heavy atom. The van der Waals surface area contributed by atoms with Gasteiger partial charge in [0.25, 0.3) is 0 Å². The Labute approximate surface area is 213 Å². The number of halogens is 1. The van der Waals surface area contributed by atoms with Crippen LogP contribution in [0.4, 0.5) is 10.1 Å². The minimum absolute atomic E-state index is 0.231. The van der Waals surface area contributed by atoms with E-state index in [2.05, 4.69) is 10.2 Å². The summed E-state index contributed by atoms with van der Waals surface area (Å²) in [5.41, 5.74) is 1.60. The first-order chi connectivity index (χ1) is 17.7. The summed E-state index contributed by atoms with van der Waals surface area (Å²) in [6, 6.07) is 10.4. The Kier molecular flexibility index (Phi) is 10.1. The number of hydrogen-bond donors (Lipinski definition) is 3. The Balaban J connectivity index is 1.86. The molecule has 3 rings (SSSR count). The number of aliphatic carboxylic acids is 1. The highest BCUT2D eigenvalue weighted by atomic mass is 31.1. The number of carboxylic acids is 1. The molecule has 3 aromatic rings. The van der Waals surface area contributed by atoms with E-state index in [9.17, 15) is 23.7 Å². The van der Waals surface area contributed by atoms with E-state index in [-0.39, 0.29) is 17.6 Å². The second-order valence-corrected chi connectivity index (χ2v) is 9.47. The number of carbonyl (C=O) groups is 1. The fourth-order valence-electron chi connectivity index (χ4n) is 3.65. The summed E-state index contributed by atoms with van der Waals surface area (Å²) in [5.74, 6) is -1.13. The lowest BCUT2D eigenvalue weighted by atomic mass is 10.1. The van der Waals surface area contributed by atoms with Gasteiger partial charge in [0.15, 0.2) is 6.20 Å².